The maximum Gasteiger partial charge on any atom is 0.0669 e. The third kappa shape index (κ3) is 3.94. The molecule has 1 aliphatic heterocycles. The second-order valence-corrected chi connectivity index (χ2v) is 6.27. The number of hydrogen-bond acceptors (Lipinski definition) is 4. The van der Waals surface area contributed by atoms with Gasteiger partial charge in [-0.3, -0.25) is 4.98 Å². The van der Waals surface area contributed by atoms with Gasteiger partial charge in [0.05, 0.1) is 11.8 Å². The van der Waals surface area contributed by atoms with Gasteiger partial charge in [-0.15, -0.1) is 11.8 Å². The highest BCUT2D eigenvalue weighted by molar-refractivity contribution is 8.00. The van der Waals surface area contributed by atoms with E-state index in [4.69, 9.17) is 4.74 Å². The highest BCUT2D eigenvalue weighted by Gasteiger charge is 2.25. The van der Waals surface area contributed by atoms with E-state index in [2.05, 4.69) is 43.2 Å². The number of pyridine rings is 1. The lowest BCUT2D eigenvalue weighted by Gasteiger charge is -2.16. The van der Waals surface area contributed by atoms with Gasteiger partial charge in [-0.2, -0.15) is 0 Å². The Bertz CT molecular complexity index is 382. The molecule has 1 saturated heterocycles. The van der Waals surface area contributed by atoms with E-state index < -0.39 is 0 Å². The largest absolute Gasteiger partial charge is 0.377 e. The van der Waals surface area contributed by atoms with E-state index in [-0.39, 0.29) is 0 Å². The summed E-state index contributed by atoms with van der Waals surface area (Å²) in [6, 6.07) is 4.72. The molecule has 1 aromatic heterocycles. The molecule has 1 aliphatic rings. The third-order valence-electron chi connectivity index (χ3n) is 3.57. The van der Waals surface area contributed by atoms with Crippen LogP contribution in [0, 0.1) is 0 Å². The zero-order chi connectivity index (χ0) is 13.7. The van der Waals surface area contributed by atoms with E-state index in [9.17, 15) is 0 Å². The van der Waals surface area contributed by atoms with Crippen molar-refractivity contribution < 1.29 is 4.74 Å². The standard InChI is InChI=1S/C15H24N2OS/c1-4-13(16-5-2)14-7-6-12(10-17-14)19-15-8-9-18-11(15)3/h6-7,10-11,13,15-16H,4-5,8-9H2,1-3H3. The van der Waals surface area contributed by atoms with Crippen molar-refractivity contribution in [1.29, 1.82) is 0 Å². The molecule has 1 aromatic rings. The van der Waals surface area contributed by atoms with Gasteiger partial charge in [-0.05, 0) is 38.4 Å². The monoisotopic (exact) mass is 280 g/mol. The highest BCUT2D eigenvalue weighted by Crippen LogP contribution is 2.32. The Hall–Kier alpha value is -0.580. The van der Waals surface area contributed by atoms with Crippen molar-refractivity contribution in [3.05, 3.63) is 24.0 Å². The van der Waals surface area contributed by atoms with Crippen molar-refractivity contribution in [1.82, 2.24) is 10.3 Å². The number of hydrogen-bond donors (Lipinski definition) is 1. The molecule has 3 atom stereocenters. The zero-order valence-corrected chi connectivity index (χ0v) is 12.9. The van der Waals surface area contributed by atoms with Crippen LogP contribution in [0.25, 0.3) is 0 Å². The third-order valence-corrected chi connectivity index (χ3v) is 5.00. The molecule has 0 saturated carbocycles. The summed E-state index contributed by atoms with van der Waals surface area (Å²) < 4.78 is 5.60. The molecule has 0 radical (unpaired) electrons. The van der Waals surface area contributed by atoms with Gasteiger partial charge < -0.3 is 10.1 Å². The fourth-order valence-corrected chi connectivity index (χ4v) is 3.51. The lowest BCUT2D eigenvalue weighted by atomic mass is 10.1. The first-order chi connectivity index (χ1) is 9.24. The molecule has 1 fully saturated rings. The molecule has 2 heterocycles. The van der Waals surface area contributed by atoms with Crippen LogP contribution in [0.15, 0.2) is 23.2 Å². The maximum atomic E-state index is 5.60. The Labute approximate surface area is 120 Å². The van der Waals surface area contributed by atoms with Crippen molar-refractivity contribution in [2.45, 2.75) is 55.9 Å². The molecule has 4 heteroatoms. The van der Waals surface area contributed by atoms with E-state index >= 15 is 0 Å². The van der Waals surface area contributed by atoms with Gasteiger partial charge in [0.1, 0.15) is 0 Å². The number of nitrogens with zero attached hydrogens (tertiary/aromatic N) is 1. The van der Waals surface area contributed by atoms with Crippen LogP contribution in [-0.4, -0.2) is 29.5 Å². The summed E-state index contributed by atoms with van der Waals surface area (Å²) >= 11 is 1.89. The van der Waals surface area contributed by atoms with Gasteiger partial charge >= 0.3 is 0 Å². The molecule has 0 aromatic carbocycles. The van der Waals surface area contributed by atoms with E-state index in [1.54, 1.807) is 0 Å². The number of ether oxygens (including phenoxy) is 1. The fourth-order valence-electron chi connectivity index (χ4n) is 2.41. The van der Waals surface area contributed by atoms with Gasteiger partial charge in [-0.1, -0.05) is 13.8 Å². The summed E-state index contributed by atoms with van der Waals surface area (Å²) in [6.45, 7) is 8.35. The Kier molecular flexibility index (Phi) is 5.67. The zero-order valence-electron chi connectivity index (χ0n) is 12.1. The van der Waals surface area contributed by atoms with Gasteiger partial charge in [0.15, 0.2) is 0 Å². The second-order valence-electron chi connectivity index (χ2n) is 4.96. The Morgan fingerprint density at radius 2 is 2.32 bits per heavy atom. The van der Waals surface area contributed by atoms with Crippen molar-refractivity contribution in [3.63, 3.8) is 0 Å². The molecular weight excluding hydrogens is 256 g/mol. The first-order valence-corrected chi connectivity index (χ1v) is 8.10. The van der Waals surface area contributed by atoms with Gasteiger partial charge in [-0.25, -0.2) is 0 Å². The van der Waals surface area contributed by atoms with Gasteiger partial charge in [0, 0.05) is 29.0 Å². The normalized spacial score (nSPS) is 24.6. The molecule has 0 spiro atoms. The minimum atomic E-state index is 0.356. The first kappa shape index (κ1) is 14.8. The average Bonchev–Trinajstić information content (AvgIpc) is 2.83. The number of nitrogens with one attached hydrogen (secondary N) is 1. The van der Waals surface area contributed by atoms with Crippen molar-refractivity contribution in [2.75, 3.05) is 13.2 Å². The molecule has 3 unspecified atom stereocenters. The molecule has 0 amide bonds. The van der Waals surface area contributed by atoms with E-state index in [1.165, 1.54) is 4.90 Å². The van der Waals surface area contributed by atoms with E-state index in [0.717, 1.165) is 31.7 Å². The molecule has 1 N–H and O–H groups in total. The van der Waals surface area contributed by atoms with Crippen molar-refractivity contribution in [2.24, 2.45) is 0 Å². The van der Waals surface area contributed by atoms with Gasteiger partial charge in [0.25, 0.3) is 0 Å². The summed E-state index contributed by atoms with van der Waals surface area (Å²) in [4.78, 5) is 5.86. The topological polar surface area (TPSA) is 34.1 Å². The number of rotatable bonds is 6. The van der Waals surface area contributed by atoms with Crippen LogP contribution >= 0.6 is 11.8 Å². The minimum Gasteiger partial charge on any atom is -0.377 e. The second kappa shape index (κ2) is 7.27. The lowest BCUT2D eigenvalue weighted by molar-refractivity contribution is 0.127. The molecular formula is C15H24N2OS. The molecule has 19 heavy (non-hydrogen) atoms. The summed E-state index contributed by atoms with van der Waals surface area (Å²) in [5.41, 5.74) is 1.14. The molecule has 0 bridgehead atoms. The molecule has 0 aliphatic carbocycles. The summed E-state index contributed by atoms with van der Waals surface area (Å²) in [5, 5.41) is 4.03. The van der Waals surface area contributed by atoms with Gasteiger partial charge in [0.2, 0.25) is 0 Å². The highest BCUT2D eigenvalue weighted by atomic mass is 32.2. The smallest absolute Gasteiger partial charge is 0.0669 e. The van der Waals surface area contributed by atoms with Crippen LogP contribution < -0.4 is 5.32 Å². The average molecular weight is 280 g/mol. The van der Waals surface area contributed by atoms with Crippen LogP contribution in [-0.2, 0) is 4.74 Å². The SMILES string of the molecule is CCNC(CC)c1ccc(SC2CCOC2C)cn1. The van der Waals surface area contributed by atoms with Crippen LogP contribution in [0.2, 0.25) is 0 Å². The van der Waals surface area contributed by atoms with Crippen LogP contribution in [0.5, 0.6) is 0 Å². The molecule has 2 rings (SSSR count). The Morgan fingerprint density at radius 1 is 1.47 bits per heavy atom. The summed E-state index contributed by atoms with van der Waals surface area (Å²) in [6.07, 6.45) is 4.57. The van der Waals surface area contributed by atoms with E-state index in [0.29, 0.717) is 17.4 Å². The predicted molar refractivity (Wildman–Crippen MR) is 80.6 cm³/mol. The van der Waals surface area contributed by atoms with Crippen LogP contribution in [0.1, 0.15) is 45.3 Å². The van der Waals surface area contributed by atoms with Crippen LogP contribution in [0.3, 0.4) is 0 Å². The van der Waals surface area contributed by atoms with E-state index in [1.807, 2.05) is 18.0 Å². The summed E-state index contributed by atoms with van der Waals surface area (Å²) in [7, 11) is 0. The number of thioether (sulfide) groups is 1. The Balaban J connectivity index is 1.97. The van der Waals surface area contributed by atoms with Crippen LogP contribution in [0.4, 0.5) is 0 Å². The summed E-state index contributed by atoms with van der Waals surface area (Å²) in [5.74, 6) is 0. The minimum absolute atomic E-state index is 0.356. The van der Waals surface area contributed by atoms with Crippen molar-refractivity contribution in [3.8, 4) is 0 Å². The molecule has 3 nitrogen and oxygen atoms in total. The maximum absolute atomic E-state index is 5.60. The Morgan fingerprint density at radius 3 is 2.84 bits per heavy atom. The predicted octanol–water partition coefficient (Wildman–Crippen LogP) is 3.41. The lowest BCUT2D eigenvalue weighted by Crippen LogP contribution is -2.21. The number of aromatic nitrogens is 1. The fraction of sp³-hybridized carbons (Fsp3) is 0.667. The quantitative estimate of drug-likeness (QED) is 0.866. The molecule has 106 valence electrons. The first-order valence-electron chi connectivity index (χ1n) is 7.22. The van der Waals surface area contributed by atoms with Crippen molar-refractivity contribution >= 4 is 11.8 Å².